The lowest BCUT2D eigenvalue weighted by atomic mass is 9.41. The Kier molecular flexibility index (Phi) is 19.7. The number of ketones is 1. The number of hydrogen-bond acceptors (Lipinski definition) is 13. The van der Waals surface area contributed by atoms with Crippen molar-refractivity contribution < 1.29 is 53.0 Å². The lowest BCUT2D eigenvalue weighted by molar-refractivity contribution is -0.249. The van der Waals surface area contributed by atoms with Crippen molar-refractivity contribution in [2.75, 3.05) is 78.2 Å². The van der Waals surface area contributed by atoms with Crippen LogP contribution in [0.15, 0.2) is 0 Å². The molecular formula is C61H105N3O11S. The third-order valence-corrected chi connectivity index (χ3v) is 23.7. The predicted molar refractivity (Wildman–Crippen MR) is 297 cm³/mol. The normalized spacial score (nSPS) is 40.7. The number of hydrogen-bond donors (Lipinski definition) is 4. The van der Waals surface area contributed by atoms with Gasteiger partial charge >= 0.3 is 6.03 Å². The Hall–Kier alpha value is -1.11. The first kappa shape index (κ1) is 59.5. The van der Waals surface area contributed by atoms with Crippen LogP contribution in [0, 0.1) is 50.7 Å². The summed E-state index contributed by atoms with van der Waals surface area (Å²) in [5, 5.41) is 30.4. The van der Waals surface area contributed by atoms with Gasteiger partial charge in [-0.1, -0.05) is 60.3 Å². The summed E-state index contributed by atoms with van der Waals surface area (Å²) in [6.07, 6.45) is 19.8. The van der Waals surface area contributed by atoms with Gasteiger partial charge < -0.3 is 54.0 Å². The molecule has 17 atom stereocenters. The monoisotopic (exact) mass is 1090 g/mol. The topological polar surface area (TPSA) is 167 Å². The highest BCUT2D eigenvalue weighted by atomic mass is 32.2. The van der Waals surface area contributed by atoms with Gasteiger partial charge in [0.25, 0.3) is 0 Å². The Morgan fingerprint density at radius 1 is 0.855 bits per heavy atom. The van der Waals surface area contributed by atoms with Crippen LogP contribution in [-0.4, -0.2) is 165 Å². The summed E-state index contributed by atoms with van der Waals surface area (Å²) in [6, 6.07) is 0.475. The third kappa shape index (κ3) is 12.0. The zero-order valence-electron chi connectivity index (χ0n) is 48.6. The number of carbonyl (C=O) groups excluding carboxylic acids is 2. The van der Waals surface area contributed by atoms with Crippen LogP contribution in [0.5, 0.6) is 0 Å². The SMILES string of the molecule is CCO[C@@H]([C@H]1C[C@@H](C)[C@H]2[C@H](O1)[C@H](O)[C@@]1(C)[C@@H]3CC[C@H]4C(C)(C)C(O[C@H]5CN(CCCCCCCOCCOCCOCCCCC(=O)CCCCC6SC[C@@H]7NC(=O)N[C@H]67)CCO5)CC[C@@]45CC35CC[C@]21C)C(C)(C)O. The van der Waals surface area contributed by atoms with Crippen molar-refractivity contribution in [1.29, 1.82) is 0 Å². The molecule has 2 amide bonds. The Balaban J connectivity index is 0.600. The molecular weight excluding hydrogens is 983 g/mol. The average molecular weight is 1090 g/mol. The molecule has 0 aromatic rings. The number of ether oxygens (including phenoxy) is 7. The quantitative estimate of drug-likeness (QED) is 0.0397. The maximum atomic E-state index is 12.7. The number of unbranched alkanes of at least 4 members (excludes halogenated alkanes) is 6. The van der Waals surface area contributed by atoms with Gasteiger partial charge in [0, 0.05) is 62.2 Å². The van der Waals surface area contributed by atoms with E-state index in [0.717, 1.165) is 96.4 Å². The average Bonchev–Trinajstić information content (AvgIpc) is 3.71. The summed E-state index contributed by atoms with van der Waals surface area (Å²) in [6.45, 7) is 26.0. The van der Waals surface area contributed by atoms with E-state index in [9.17, 15) is 19.8 Å². The zero-order valence-corrected chi connectivity index (χ0v) is 49.4. The number of thioether (sulfide) groups is 1. The van der Waals surface area contributed by atoms with Crippen LogP contribution < -0.4 is 10.6 Å². The van der Waals surface area contributed by atoms with E-state index in [4.69, 9.17) is 33.2 Å². The van der Waals surface area contributed by atoms with Gasteiger partial charge in [-0.25, -0.2) is 4.79 Å². The molecule has 0 aromatic carbocycles. The molecule has 4 saturated heterocycles. The van der Waals surface area contributed by atoms with E-state index in [1.54, 1.807) is 0 Å². The van der Waals surface area contributed by atoms with Crippen molar-refractivity contribution in [3.05, 3.63) is 0 Å². The van der Waals surface area contributed by atoms with E-state index >= 15 is 0 Å². The van der Waals surface area contributed by atoms with Gasteiger partial charge in [-0.05, 0) is 163 Å². The fraction of sp³-hybridized carbons (Fsp3) is 0.967. The molecule has 2 spiro atoms. The van der Waals surface area contributed by atoms with E-state index < -0.39 is 17.8 Å². The molecule has 436 valence electrons. The van der Waals surface area contributed by atoms with Crippen molar-refractivity contribution in [3.63, 3.8) is 0 Å². The van der Waals surface area contributed by atoms with Crippen LogP contribution >= 0.6 is 11.8 Å². The van der Waals surface area contributed by atoms with Gasteiger partial charge in [-0.2, -0.15) is 11.8 Å². The molecule has 4 aliphatic heterocycles. The standard InChI is InChI=1S/C61H105N3O11S/c1-9-72-54(57(5,6)68)44-37-41(2)50-52(74-44)53(66)59(8)47-23-22-46-56(3,4)48(24-25-60(46)40-61(47,60)27-26-58(50,59)7)75-49-38-64(29-32-73-49)28-16-11-10-12-17-30-69-33-35-71-36-34-70-31-18-15-20-42(65)19-13-14-21-45-51-43(39-76-45)62-55(67)63-51/h41,43-54,66,68H,9-40H2,1-8H3,(H2,62,63,67)/t41-,43+,44-,45?,46+,47+,48?,49+,50+,51+,52+,53+,54+,58-,59-,60-,61?/m1/s1. The largest absolute Gasteiger partial charge is 0.390 e. The number of aliphatic hydroxyl groups is 2. The highest BCUT2D eigenvalue weighted by molar-refractivity contribution is 8.00. The Morgan fingerprint density at radius 2 is 1.53 bits per heavy atom. The van der Waals surface area contributed by atoms with E-state index in [2.05, 4.69) is 50.2 Å². The van der Waals surface area contributed by atoms with Crippen molar-refractivity contribution in [1.82, 2.24) is 15.5 Å². The van der Waals surface area contributed by atoms with E-state index in [-0.39, 0.29) is 64.4 Å². The number of amides is 2. The molecule has 0 bridgehead atoms. The summed E-state index contributed by atoms with van der Waals surface area (Å²) in [7, 11) is 0. The fourth-order valence-electron chi connectivity index (χ4n) is 18.4. The van der Waals surface area contributed by atoms with Crippen molar-refractivity contribution in [2.45, 2.75) is 244 Å². The van der Waals surface area contributed by atoms with Crippen LogP contribution in [-0.2, 0) is 38.0 Å². The number of Topliss-reactive ketones (excluding diaryl/α,β-unsaturated/α-hetero) is 1. The number of carbonyl (C=O) groups is 2. The lowest BCUT2D eigenvalue weighted by Crippen LogP contribution is -2.60. The Labute approximate surface area is 462 Å². The minimum absolute atomic E-state index is 0.000604. The summed E-state index contributed by atoms with van der Waals surface area (Å²) < 4.78 is 43.9. The highest BCUT2D eigenvalue weighted by Gasteiger charge is 2.85. The van der Waals surface area contributed by atoms with E-state index in [1.807, 2.05) is 32.5 Å². The second-order valence-electron chi connectivity index (χ2n) is 27.3. The maximum absolute atomic E-state index is 12.7. The molecule has 4 N–H and O–H groups in total. The number of morpholine rings is 1. The second kappa shape index (κ2) is 25.2. The van der Waals surface area contributed by atoms with Crippen LogP contribution in [0.2, 0.25) is 0 Å². The smallest absolute Gasteiger partial charge is 0.315 e. The number of nitrogens with zero attached hydrogens (tertiary/aromatic N) is 1. The van der Waals surface area contributed by atoms with Crippen LogP contribution in [0.25, 0.3) is 0 Å². The van der Waals surface area contributed by atoms with Gasteiger partial charge in [0.1, 0.15) is 11.9 Å². The van der Waals surface area contributed by atoms with Gasteiger partial charge in [0.05, 0.1) is 75.1 Å². The molecule has 5 aliphatic carbocycles. The van der Waals surface area contributed by atoms with Crippen molar-refractivity contribution >= 4 is 23.6 Å². The summed E-state index contributed by atoms with van der Waals surface area (Å²) in [5.74, 6) is 3.09. The minimum Gasteiger partial charge on any atom is -0.390 e. The highest BCUT2D eigenvalue weighted by Crippen LogP contribution is 2.89. The number of urea groups is 1. The predicted octanol–water partition coefficient (Wildman–Crippen LogP) is 9.48. The lowest BCUT2D eigenvalue weighted by Gasteiger charge is -2.64. The summed E-state index contributed by atoms with van der Waals surface area (Å²) >= 11 is 1.94. The zero-order chi connectivity index (χ0) is 53.9. The molecule has 9 rings (SSSR count). The van der Waals surface area contributed by atoms with E-state index in [1.165, 1.54) is 57.8 Å². The molecule has 0 aromatic heterocycles. The van der Waals surface area contributed by atoms with Gasteiger partial charge in [-0.15, -0.1) is 0 Å². The van der Waals surface area contributed by atoms with Crippen LogP contribution in [0.4, 0.5) is 4.79 Å². The Bertz CT molecular complexity index is 1910. The number of rotatable bonds is 30. The molecule has 15 heteroatoms. The first-order chi connectivity index (χ1) is 36.4. The van der Waals surface area contributed by atoms with Crippen LogP contribution in [0.1, 0.15) is 184 Å². The molecule has 14 nitrogen and oxygen atoms in total. The fourth-order valence-corrected chi connectivity index (χ4v) is 20.0. The second-order valence-corrected chi connectivity index (χ2v) is 28.6. The molecule has 4 heterocycles. The maximum Gasteiger partial charge on any atom is 0.315 e. The summed E-state index contributed by atoms with van der Waals surface area (Å²) in [5.41, 5.74) is -0.592. The van der Waals surface area contributed by atoms with Gasteiger partial charge in [0.15, 0.2) is 6.29 Å². The first-order valence-corrected chi connectivity index (χ1v) is 32.0. The number of fused-ring (bicyclic) bond motifs is 5. The first-order valence-electron chi connectivity index (χ1n) is 31.0. The molecule has 0 radical (unpaired) electrons. The number of nitrogens with one attached hydrogen (secondary N) is 2. The van der Waals surface area contributed by atoms with Gasteiger partial charge in [0.2, 0.25) is 0 Å². The van der Waals surface area contributed by atoms with Crippen molar-refractivity contribution in [2.24, 2.45) is 50.7 Å². The molecule has 5 saturated carbocycles. The van der Waals surface area contributed by atoms with Crippen molar-refractivity contribution in [3.8, 4) is 0 Å². The number of aliphatic hydroxyl groups excluding tert-OH is 1. The van der Waals surface area contributed by atoms with Gasteiger partial charge in [-0.3, -0.25) is 9.69 Å². The summed E-state index contributed by atoms with van der Waals surface area (Å²) in [4.78, 5) is 26.5. The molecule has 76 heavy (non-hydrogen) atoms. The van der Waals surface area contributed by atoms with Crippen LogP contribution in [0.3, 0.4) is 0 Å². The van der Waals surface area contributed by atoms with E-state index in [0.29, 0.717) is 92.6 Å². The molecule has 9 fully saturated rings. The minimum atomic E-state index is -1.03. The Morgan fingerprint density at radius 3 is 2.26 bits per heavy atom. The molecule has 9 aliphatic rings. The third-order valence-electron chi connectivity index (χ3n) is 22.2. The molecule has 3 unspecified atom stereocenters.